The Labute approximate surface area is 741 Å². The van der Waals surface area contributed by atoms with Gasteiger partial charge in [0.05, 0.1) is 0 Å². The van der Waals surface area contributed by atoms with Crippen LogP contribution in [0.5, 0.6) is 0 Å². The summed E-state index contributed by atoms with van der Waals surface area (Å²) in [6.45, 7) is 85.2. The van der Waals surface area contributed by atoms with Crippen LogP contribution >= 0.6 is 0 Å². The van der Waals surface area contributed by atoms with Crippen LogP contribution in [0.2, 0.25) is 0 Å². The summed E-state index contributed by atoms with van der Waals surface area (Å²) in [4.78, 5) is 0. The van der Waals surface area contributed by atoms with Gasteiger partial charge in [-0.15, -0.1) is 0 Å². The third-order valence-corrected chi connectivity index (χ3v) is 18.2. The van der Waals surface area contributed by atoms with Gasteiger partial charge < -0.3 is 0 Å². The van der Waals surface area contributed by atoms with Crippen LogP contribution in [0.1, 0.15) is 313 Å². The van der Waals surface area contributed by atoms with E-state index in [9.17, 15) is 0 Å². The van der Waals surface area contributed by atoms with Gasteiger partial charge in [0.2, 0.25) is 0 Å². The van der Waals surface area contributed by atoms with Crippen LogP contribution in [0.4, 0.5) is 0 Å². The second kappa shape index (κ2) is 70.9. The SMILES string of the molecule is CC.CC.CC.CC.CC.CC.CC.CC.CC.CC.CC.CC.CC.CC.CC.CC.CC.CC.CC.CC1(C)c2ccccc2-c2ccccc21.CC1(C)c2ccccc2-c2ccccc21.c1cc2cccc3c4cccc5cccc(c(c1)c23)c54.c1ccc2c(c1)-c1cccc3cccc-2c13.c1ccc2c(c1)-c1cccc3cccc-2c13. The monoisotopic (exact) mass is 1620 g/mol. The predicted octanol–water partition coefficient (Wildman–Crippen LogP) is 42.2. The maximum atomic E-state index is 2.30. The topological polar surface area (TPSA) is 0 Å². The van der Waals surface area contributed by atoms with Crippen molar-refractivity contribution in [3.63, 3.8) is 0 Å². The van der Waals surface area contributed by atoms with Crippen molar-refractivity contribution in [2.75, 3.05) is 0 Å². The first-order valence-corrected chi connectivity index (χ1v) is 47.9. The van der Waals surface area contributed by atoms with Gasteiger partial charge in [0, 0.05) is 10.8 Å². The van der Waals surface area contributed by atoms with Crippen LogP contribution in [0.25, 0.3) is 131 Å². The van der Waals surface area contributed by atoms with Gasteiger partial charge in [-0.3, -0.25) is 0 Å². The summed E-state index contributed by atoms with van der Waals surface area (Å²) in [7, 11) is 0. The molecule has 15 aromatic carbocycles. The summed E-state index contributed by atoms with van der Waals surface area (Å²) in [5.41, 5.74) is 22.7. The first-order valence-electron chi connectivity index (χ1n) is 47.9. The lowest BCUT2D eigenvalue weighted by molar-refractivity contribution is 0.660. The van der Waals surface area contributed by atoms with E-state index < -0.39 is 0 Å². The average Bonchev–Trinajstić information content (AvgIpc) is 1.34. The molecule has 0 aliphatic heterocycles. The molecular formula is C120H174. The van der Waals surface area contributed by atoms with Crippen LogP contribution < -0.4 is 0 Å². The molecule has 0 heteroatoms. The molecule has 654 valence electrons. The summed E-state index contributed by atoms with van der Waals surface area (Å²) < 4.78 is 0. The highest BCUT2D eigenvalue weighted by molar-refractivity contribution is 6.33. The summed E-state index contributed by atoms with van der Waals surface area (Å²) in [5.74, 6) is 0. The number of hydrogen-bond acceptors (Lipinski definition) is 0. The molecule has 4 aliphatic carbocycles. The summed E-state index contributed by atoms with van der Waals surface area (Å²) in [6.07, 6.45) is 0. The van der Waals surface area contributed by atoms with Crippen LogP contribution in [0, 0.1) is 0 Å². The maximum Gasteiger partial charge on any atom is 0.0158 e. The highest BCUT2D eigenvalue weighted by Gasteiger charge is 2.35. The van der Waals surface area contributed by atoms with E-state index in [1.165, 1.54) is 154 Å². The van der Waals surface area contributed by atoms with Gasteiger partial charge in [-0.25, -0.2) is 0 Å². The van der Waals surface area contributed by atoms with Crippen molar-refractivity contribution in [1.29, 1.82) is 0 Å². The van der Waals surface area contributed by atoms with E-state index >= 15 is 0 Å². The summed E-state index contributed by atoms with van der Waals surface area (Å²) in [5, 5.41) is 16.4. The normalized spacial score (nSPS) is 10.1. The molecule has 0 nitrogen and oxygen atoms in total. The molecule has 0 fully saturated rings. The van der Waals surface area contributed by atoms with Crippen LogP contribution in [-0.4, -0.2) is 0 Å². The van der Waals surface area contributed by atoms with Gasteiger partial charge in [0.1, 0.15) is 0 Å². The molecule has 15 aromatic rings. The molecule has 0 radical (unpaired) electrons. The molecule has 0 atom stereocenters. The average molecular weight is 1620 g/mol. The number of fused-ring (bicyclic) bond motifs is 14. The minimum atomic E-state index is 0.160. The van der Waals surface area contributed by atoms with E-state index in [2.05, 4.69) is 319 Å². The van der Waals surface area contributed by atoms with E-state index in [1.54, 1.807) is 0 Å². The molecule has 4 aliphatic rings. The smallest absolute Gasteiger partial charge is 0.0158 e. The highest BCUT2D eigenvalue weighted by atomic mass is 14.4. The van der Waals surface area contributed by atoms with Crippen molar-refractivity contribution in [2.45, 2.75) is 302 Å². The van der Waals surface area contributed by atoms with Gasteiger partial charge in [-0.05, 0) is 154 Å². The molecular weight excluding hydrogens is 1440 g/mol. The van der Waals surface area contributed by atoms with Gasteiger partial charge in [0.25, 0.3) is 0 Å². The Balaban J connectivity index is -0.000000418. The standard InChI is InChI=1S/C20H12.2C16H10.2C15H14.19C2H6/c1-5-13-6-2-11-17-18-12-4-8-14-7-3-10-16(20(14)18)15(9-1)19(13)17;2*1-2-8-13-12(7-1)14-9-3-5-11-6-4-10-15(13)16(11)14;2*1-15(2)13-9-5-3-7-11(13)12-8-4-6-10-14(12)15;19*1-2/h1-12H;2*1-10H;2*3-10H,1-2H3;19*1-2H3. The van der Waals surface area contributed by atoms with Crippen molar-refractivity contribution in [1.82, 2.24) is 0 Å². The first-order chi connectivity index (χ1) is 59.3. The largest absolute Gasteiger partial charge is 0.0683 e. The fraction of sp³-hybridized carbons (Fsp3) is 0.367. The fourth-order valence-corrected chi connectivity index (χ4v) is 14.4. The van der Waals surface area contributed by atoms with E-state index in [-0.39, 0.29) is 10.8 Å². The van der Waals surface area contributed by atoms with Crippen molar-refractivity contribution in [3.05, 3.63) is 313 Å². The van der Waals surface area contributed by atoms with Gasteiger partial charge in [-0.1, -0.05) is 582 Å². The van der Waals surface area contributed by atoms with Crippen LogP contribution in [0.3, 0.4) is 0 Å². The molecule has 120 heavy (non-hydrogen) atoms. The molecule has 0 spiro atoms. The Kier molecular flexibility index (Phi) is 70.1. The number of benzene rings is 15. The number of hydrogen-bond donors (Lipinski definition) is 0. The molecule has 0 aromatic heterocycles. The number of rotatable bonds is 0. The summed E-state index contributed by atoms with van der Waals surface area (Å²) in [6, 6.07) is 105. The van der Waals surface area contributed by atoms with E-state index in [0.717, 1.165) is 0 Å². The Bertz CT molecular complexity index is 4380. The zero-order chi connectivity index (χ0) is 93.1. The molecule has 0 heterocycles. The van der Waals surface area contributed by atoms with Crippen LogP contribution in [0.15, 0.2) is 291 Å². The van der Waals surface area contributed by atoms with E-state index in [0.29, 0.717) is 0 Å². The molecule has 19 rings (SSSR count). The Morgan fingerprint density at radius 2 is 0.242 bits per heavy atom. The molecule has 0 saturated heterocycles. The van der Waals surface area contributed by atoms with Crippen molar-refractivity contribution in [3.8, 4) is 66.8 Å². The Morgan fingerprint density at radius 3 is 0.408 bits per heavy atom. The minimum Gasteiger partial charge on any atom is -0.0683 e. The predicted molar refractivity (Wildman–Crippen MR) is 568 cm³/mol. The third-order valence-electron chi connectivity index (χ3n) is 18.2. The Hall–Kier alpha value is -9.88. The molecule has 0 saturated carbocycles. The quantitative estimate of drug-likeness (QED) is 0.105. The van der Waals surface area contributed by atoms with Gasteiger partial charge >= 0.3 is 0 Å². The van der Waals surface area contributed by atoms with Gasteiger partial charge in [0.15, 0.2) is 0 Å². The molecule has 0 amide bonds. The summed E-state index contributed by atoms with van der Waals surface area (Å²) >= 11 is 0. The van der Waals surface area contributed by atoms with E-state index in [4.69, 9.17) is 0 Å². The minimum absolute atomic E-state index is 0.160. The van der Waals surface area contributed by atoms with E-state index in [1.807, 2.05) is 263 Å². The lowest BCUT2D eigenvalue weighted by atomic mass is 9.82. The van der Waals surface area contributed by atoms with Crippen LogP contribution in [-0.2, 0) is 10.8 Å². The second-order valence-corrected chi connectivity index (χ2v) is 23.4. The van der Waals surface area contributed by atoms with Crippen molar-refractivity contribution >= 4 is 64.6 Å². The highest BCUT2D eigenvalue weighted by Crippen LogP contribution is 2.51. The zero-order valence-electron chi connectivity index (χ0n) is 84.7. The molecule has 0 N–H and O–H groups in total. The first kappa shape index (κ1) is 119. The lowest BCUT2D eigenvalue weighted by Gasteiger charge is -2.20. The Morgan fingerprint density at radius 1 is 0.117 bits per heavy atom. The maximum absolute atomic E-state index is 2.30. The molecule has 0 unspecified atom stereocenters. The fourth-order valence-electron chi connectivity index (χ4n) is 14.4. The van der Waals surface area contributed by atoms with Crippen molar-refractivity contribution in [2.24, 2.45) is 0 Å². The van der Waals surface area contributed by atoms with Crippen molar-refractivity contribution < 1.29 is 0 Å². The lowest BCUT2D eigenvalue weighted by Crippen LogP contribution is -2.14. The molecule has 0 bridgehead atoms. The van der Waals surface area contributed by atoms with Gasteiger partial charge in [-0.2, -0.15) is 0 Å². The second-order valence-electron chi connectivity index (χ2n) is 23.4. The zero-order valence-corrected chi connectivity index (χ0v) is 84.7. The third kappa shape index (κ3) is 28.6.